The Morgan fingerprint density at radius 2 is 0.766 bits per heavy atom. The fourth-order valence-electron chi connectivity index (χ4n) is 10.7. The fourth-order valence-corrected chi connectivity index (χ4v) is 10.9. The number of nitro benzene ring substituents is 1. The van der Waals surface area contributed by atoms with Gasteiger partial charge in [-0.1, -0.05) is 188 Å². The van der Waals surface area contributed by atoms with Gasteiger partial charge in [-0.3, -0.25) is 29.6 Å². The van der Waals surface area contributed by atoms with Crippen LogP contribution in [0.5, 0.6) is 23.0 Å². The number of aliphatic carboxylic acids is 1. The van der Waals surface area contributed by atoms with Crippen LogP contribution in [0.4, 0.5) is 11.4 Å². The van der Waals surface area contributed by atoms with Crippen molar-refractivity contribution in [3.05, 3.63) is 237 Å². The van der Waals surface area contributed by atoms with E-state index in [-0.39, 0.29) is 40.2 Å². The summed E-state index contributed by atoms with van der Waals surface area (Å²) in [6.07, 6.45) is 3.98. The van der Waals surface area contributed by atoms with Gasteiger partial charge in [0.2, 0.25) is 0 Å². The summed E-state index contributed by atoms with van der Waals surface area (Å²) >= 11 is 3.41. The Kier molecular flexibility index (Phi) is 51.4. The molecule has 0 unspecified atom stereocenters. The molecule has 574 valence electrons. The van der Waals surface area contributed by atoms with Crippen LogP contribution in [0.1, 0.15) is 46.5 Å². The van der Waals surface area contributed by atoms with Crippen molar-refractivity contribution in [2.75, 3.05) is 162 Å². The monoisotopic (exact) mass is 1550 g/mol. The molecule has 0 aromatic heterocycles. The van der Waals surface area contributed by atoms with Gasteiger partial charge >= 0.3 is 29.6 Å². The minimum absolute atomic E-state index is 0. The van der Waals surface area contributed by atoms with Gasteiger partial charge in [0.1, 0.15) is 23.0 Å². The summed E-state index contributed by atoms with van der Waals surface area (Å²) in [5.41, 5.74) is 15.3. The third-order valence-electron chi connectivity index (χ3n) is 15.6. The number of benzene rings is 8. The molecule has 0 aliphatic carbocycles. The molecule has 8 aromatic rings. The topological polar surface area (TPSA) is 318 Å². The molecule has 0 bridgehead atoms. The number of nitrogen functional groups attached to an aromatic ring is 1. The second-order valence-corrected chi connectivity index (χ2v) is 24.0. The molecule has 27 heteroatoms. The molecule has 4 heterocycles. The number of hydrogen-bond acceptors (Lipinski definition) is 21. The number of hydrogen-bond donors (Lipinski definition) is 4. The molecule has 12 rings (SSSR count). The summed E-state index contributed by atoms with van der Waals surface area (Å²) in [5, 5.41) is 45.3. The average molecular weight is 1550 g/mol. The second kappa shape index (κ2) is 59.4. The van der Waals surface area contributed by atoms with E-state index in [1.165, 1.54) is 17.2 Å². The van der Waals surface area contributed by atoms with Crippen LogP contribution in [0.2, 0.25) is 0 Å². The first-order chi connectivity index (χ1) is 51.8. The zero-order valence-corrected chi connectivity index (χ0v) is 65.7. The Balaban J connectivity index is 0.000000342. The predicted octanol–water partition coefficient (Wildman–Crippen LogP) is 12.0. The molecule has 0 spiro atoms. The Hall–Kier alpha value is -8.61. The maximum absolute atomic E-state index is 11.1. The number of alkyl halides is 1. The van der Waals surface area contributed by atoms with Gasteiger partial charge < -0.3 is 69.4 Å². The number of nitrogens with one attached hydrogen (secondary N) is 1. The number of nitrogens with zero attached hydrogens (tertiary/aromatic N) is 6. The smallest absolute Gasteiger partial charge is 0.493 e. The van der Waals surface area contributed by atoms with E-state index in [4.69, 9.17) is 79.0 Å². The van der Waals surface area contributed by atoms with Crippen molar-refractivity contribution in [1.29, 1.82) is 0 Å². The Bertz CT molecular complexity index is 3570. The fraction of sp³-hybridized carbons (Fsp3) is 0.388. The van der Waals surface area contributed by atoms with Crippen LogP contribution in [0.15, 0.2) is 212 Å². The van der Waals surface area contributed by atoms with Gasteiger partial charge in [-0.05, 0) is 84.3 Å². The Morgan fingerprint density at radius 1 is 0.486 bits per heavy atom. The van der Waals surface area contributed by atoms with Crippen molar-refractivity contribution < 1.29 is 92.6 Å². The van der Waals surface area contributed by atoms with Gasteiger partial charge in [0, 0.05) is 124 Å². The van der Waals surface area contributed by atoms with Crippen molar-refractivity contribution >= 4 is 33.3 Å². The minimum atomic E-state index is -1.50. The number of halogens is 1. The molecule has 0 saturated carbocycles. The zero-order valence-electron chi connectivity index (χ0n) is 62.1. The van der Waals surface area contributed by atoms with Crippen LogP contribution >= 0.6 is 15.9 Å². The number of nitro groups is 1. The van der Waals surface area contributed by atoms with Crippen molar-refractivity contribution in [1.82, 2.24) is 20.0 Å². The number of nitrogens with two attached hydrogens (primary N) is 1. The molecular formula is C80H104BrN8NaO17. The Morgan fingerprint density at radius 3 is 1.07 bits per heavy atom. The molecule has 4 fully saturated rings. The number of morpholine rings is 4. The first-order valence-electron chi connectivity index (χ1n) is 35.6. The van der Waals surface area contributed by atoms with Gasteiger partial charge in [0.15, 0.2) is 0 Å². The molecule has 8 aromatic carbocycles. The zero-order chi connectivity index (χ0) is 76.5. The van der Waals surface area contributed by atoms with E-state index in [0.717, 1.165) is 238 Å². The first kappa shape index (κ1) is 92.6. The van der Waals surface area contributed by atoms with Gasteiger partial charge in [-0.2, -0.15) is 0 Å². The molecule has 4 aliphatic heterocycles. The minimum Gasteiger partial charge on any atom is -0.493 e. The third-order valence-corrected chi connectivity index (χ3v) is 16.2. The van der Waals surface area contributed by atoms with E-state index < -0.39 is 11.1 Å². The quantitative estimate of drug-likeness (QED) is 0.00830. The molecule has 4 saturated heterocycles. The molecule has 107 heavy (non-hydrogen) atoms. The number of non-ortho nitro benzene ring substituents is 1. The molecule has 5 N–H and O–H groups in total. The van der Waals surface area contributed by atoms with Crippen molar-refractivity contribution in [3.63, 3.8) is 0 Å². The van der Waals surface area contributed by atoms with Gasteiger partial charge in [0.05, 0.1) is 84.2 Å². The van der Waals surface area contributed by atoms with Gasteiger partial charge in [-0.15, -0.1) is 15.5 Å². The van der Waals surface area contributed by atoms with Crippen LogP contribution in [0.3, 0.4) is 0 Å². The molecule has 0 amide bonds. The average Bonchev–Trinajstić information content (AvgIpc) is 0.839. The van der Waals surface area contributed by atoms with E-state index in [1.807, 2.05) is 129 Å². The second-order valence-electron chi connectivity index (χ2n) is 23.2. The number of rotatable bonds is 24. The first-order valence-corrected chi connectivity index (χ1v) is 36.7. The van der Waals surface area contributed by atoms with Crippen molar-refractivity contribution in [2.45, 2.75) is 46.5 Å². The van der Waals surface area contributed by atoms with Crippen molar-refractivity contribution in [2.24, 2.45) is 5.34 Å². The van der Waals surface area contributed by atoms with E-state index in [0.29, 0.717) is 19.0 Å². The van der Waals surface area contributed by atoms with Crippen molar-refractivity contribution in [3.8, 4) is 67.5 Å². The molecule has 4 aliphatic rings. The predicted molar refractivity (Wildman–Crippen MR) is 421 cm³/mol. The van der Waals surface area contributed by atoms with Crippen LogP contribution in [0, 0.1) is 30.3 Å². The molecule has 0 atom stereocenters. The van der Waals surface area contributed by atoms with Gasteiger partial charge in [0.25, 0.3) is 16.7 Å². The number of para-hydroxylation sites is 2. The number of anilines is 1. The third kappa shape index (κ3) is 40.8. The summed E-state index contributed by atoms with van der Waals surface area (Å²) in [5.74, 6) is 2.67. The van der Waals surface area contributed by atoms with Crippen LogP contribution < -0.4 is 59.6 Å². The van der Waals surface area contributed by atoms with E-state index in [2.05, 4.69) is 109 Å². The number of ether oxygens (including phenoxy) is 8. The maximum atomic E-state index is 11.1. The van der Waals surface area contributed by atoms with Crippen LogP contribution in [0.25, 0.3) is 44.5 Å². The van der Waals surface area contributed by atoms with Crippen LogP contribution in [-0.4, -0.2) is 198 Å². The van der Waals surface area contributed by atoms with Crippen LogP contribution in [-0.2, 0) is 23.7 Å². The summed E-state index contributed by atoms with van der Waals surface area (Å²) in [6, 6.07) is 67.6. The van der Waals surface area contributed by atoms with E-state index >= 15 is 0 Å². The molecule has 25 nitrogen and oxygen atoms in total. The number of carbonyl (C=O) groups is 1. The number of carboxylic acid groups (broad SMARTS) is 1. The Labute approximate surface area is 659 Å². The van der Waals surface area contributed by atoms with E-state index in [9.17, 15) is 10.1 Å². The molecular weight excluding hydrogens is 1450 g/mol. The largest absolute Gasteiger partial charge is 1.00 e. The normalized spacial score (nSPS) is 13.6. The standard InChI is InChI=1S/C19H22N2O4.C19H24N2O2.C19H23NO2.C15H15BrO.C4H9NO.C2H4O2.C2H6.HNO3.HNO2.Na/c22-21(23)17-7-8-19(18(15-17)16-5-2-1-3-6-16)25-12-4-9-20-10-13-24-14-11-20;20-17-7-8-19(18(15-17)16-5-2-1-3-6-16)23-12-4-9-21-10-13-22-14-11-21;1-2-7-17(8-3-1)18-9-4-5-10-19(18)22-14-6-11-20-12-15-21-16-13-20;16-11-6-12-17-15-10-5-4-9-14(15)13-7-2-1-3-8-13;1-3-6-4-2-5-1;1-2(3)4;1-2;2-1(3)4;2-1-3;/h1-3,5-8,15H,4,9-14H2;1-3,5-8,15H,4,9-14,20H2;1-5,7-10H,6,11-16H2;1-5,7-10H,6,11-12H2;5H,1-4H2;1H3,(H,3,4);1-2H3;(H,2,3,4);(H,2,3);/q;;;;;;;;;+1/p-1. The van der Waals surface area contributed by atoms with E-state index in [1.54, 1.807) is 12.1 Å². The summed E-state index contributed by atoms with van der Waals surface area (Å²) in [4.78, 5) is 43.3. The van der Waals surface area contributed by atoms with Gasteiger partial charge in [-0.25, -0.2) is 0 Å². The SMILES string of the molecule is BrCCCOc1ccccc1-c1ccccc1.C1COCCN1.CC.CC(=O)O.Nc1ccc(OCCCN2CCOCC2)c(-c2ccccc2)c1.O=N[O-].O=[N+]([O-])O.O=[N+]([O-])c1ccc(OCCCN2CCOCC2)c(-c2ccccc2)c1.[Na+].c1ccc(-c2ccccc2OCCCN2CCOCC2)cc1. The summed E-state index contributed by atoms with van der Waals surface area (Å²) in [6.45, 7) is 25.9. The number of carboxylic acids is 1. The maximum Gasteiger partial charge on any atom is 1.00 e. The molecule has 0 radical (unpaired) electrons. The summed E-state index contributed by atoms with van der Waals surface area (Å²) in [7, 11) is 0. The summed E-state index contributed by atoms with van der Waals surface area (Å²) < 4.78 is 44.9.